The number of methoxy groups -OCH3 is 1. The van der Waals surface area contributed by atoms with Crippen LogP contribution in [0.2, 0.25) is 0 Å². The number of pyridine rings is 1. The van der Waals surface area contributed by atoms with Crippen LogP contribution in [0.15, 0.2) is 67.1 Å². The molecule has 47 heavy (non-hydrogen) atoms. The highest BCUT2D eigenvalue weighted by atomic mass is 19.1. The highest BCUT2D eigenvalue weighted by Gasteiger charge is 2.36. The molecule has 7 rings (SSSR count). The van der Waals surface area contributed by atoms with Crippen molar-refractivity contribution in [3.8, 4) is 17.1 Å². The average Bonchev–Trinajstić information content (AvgIpc) is 3.83. The Labute approximate surface area is 270 Å². The maximum absolute atomic E-state index is 14.2. The summed E-state index contributed by atoms with van der Waals surface area (Å²) >= 11 is 0. The number of fused-ring (bicyclic) bond motifs is 2. The van der Waals surface area contributed by atoms with Crippen LogP contribution < -0.4 is 4.74 Å². The van der Waals surface area contributed by atoms with Crippen molar-refractivity contribution in [3.63, 3.8) is 0 Å². The standard InChI is InChI=1S/C35H35FN8O3/c1-20(2)44-18-23(16-38-44)35(46)42-11-12-43(32(45)15-25-21(3)39-29-10-9-24(36)14-26(25)29)31(19-42)33-37-17-30(40-33)27-13-22-7-5-6-8-28(22)41-34(27)47-4/h5-10,13-14,16-18,20,31,39H,11-12,15,19H2,1-4H3,(H,37,40). The molecule has 1 fully saturated rings. The van der Waals surface area contributed by atoms with Gasteiger partial charge in [-0.1, -0.05) is 18.2 Å². The number of nitrogens with zero attached hydrogens (tertiary/aromatic N) is 6. The Morgan fingerprint density at radius 3 is 2.70 bits per heavy atom. The average molecular weight is 635 g/mol. The minimum absolute atomic E-state index is 0.0663. The van der Waals surface area contributed by atoms with Crippen molar-refractivity contribution in [2.24, 2.45) is 0 Å². The molecule has 0 saturated carbocycles. The van der Waals surface area contributed by atoms with Gasteiger partial charge in [0.1, 0.15) is 17.7 Å². The number of hydrogen-bond acceptors (Lipinski definition) is 6. The number of para-hydroxylation sites is 1. The number of nitrogens with one attached hydrogen (secondary N) is 2. The van der Waals surface area contributed by atoms with Crippen molar-refractivity contribution in [1.29, 1.82) is 0 Å². The summed E-state index contributed by atoms with van der Waals surface area (Å²) in [5, 5.41) is 5.97. The number of H-pyrrole nitrogens is 2. The van der Waals surface area contributed by atoms with Crippen molar-refractivity contribution in [2.75, 3.05) is 26.7 Å². The Kier molecular flexibility index (Phi) is 7.70. The van der Waals surface area contributed by atoms with E-state index in [1.165, 1.54) is 12.1 Å². The molecule has 6 aromatic rings. The monoisotopic (exact) mass is 634 g/mol. The maximum atomic E-state index is 14.2. The van der Waals surface area contributed by atoms with E-state index in [2.05, 4.69) is 20.1 Å². The Hall–Kier alpha value is -5.52. The van der Waals surface area contributed by atoms with E-state index < -0.39 is 6.04 Å². The summed E-state index contributed by atoms with van der Waals surface area (Å²) in [6, 6.07) is 13.8. The van der Waals surface area contributed by atoms with Crippen LogP contribution in [0.4, 0.5) is 4.39 Å². The number of amides is 2. The number of aromatic nitrogens is 6. The number of ether oxygens (including phenoxy) is 1. The molecule has 2 N–H and O–H groups in total. The third kappa shape index (κ3) is 5.60. The lowest BCUT2D eigenvalue weighted by Gasteiger charge is -2.40. The van der Waals surface area contributed by atoms with Crippen LogP contribution >= 0.6 is 0 Å². The first-order chi connectivity index (χ1) is 22.7. The van der Waals surface area contributed by atoms with E-state index in [1.807, 2.05) is 51.1 Å². The smallest absolute Gasteiger partial charge is 0.257 e. The van der Waals surface area contributed by atoms with Gasteiger partial charge in [-0.2, -0.15) is 5.10 Å². The Bertz CT molecular complexity index is 2130. The molecule has 1 atom stereocenters. The zero-order valence-electron chi connectivity index (χ0n) is 26.6. The van der Waals surface area contributed by atoms with Crippen LogP contribution in [-0.4, -0.2) is 78.1 Å². The number of halogens is 1. The molecule has 5 heterocycles. The molecule has 4 aromatic heterocycles. The summed E-state index contributed by atoms with van der Waals surface area (Å²) in [5.41, 5.74) is 5.02. The number of carbonyl (C=O) groups excluding carboxylic acids is 2. The van der Waals surface area contributed by atoms with E-state index >= 15 is 0 Å². The topological polar surface area (TPSA) is 125 Å². The number of rotatable bonds is 7. The third-order valence-corrected chi connectivity index (χ3v) is 8.86. The van der Waals surface area contributed by atoms with Crippen molar-refractivity contribution in [2.45, 2.75) is 39.3 Å². The third-order valence-electron chi connectivity index (χ3n) is 8.86. The van der Waals surface area contributed by atoms with Crippen LogP contribution in [-0.2, 0) is 11.2 Å². The molecule has 0 radical (unpaired) electrons. The molecule has 11 nitrogen and oxygen atoms in total. The molecule has 1 aliphatic rings. The summed E-state index contributed by atoms with van der Waals surface area (Å²) in [4.78, 5) is 47.4. The summed E-state index contributed by atoms with van der Waals surface area (Å²) in [6.45, 7) is 6.74. The lowest BCUT2D eigenvalue weighted by molar-refractivity contribution is -0.135. The van der Waals surface area contributed by atoms with Crippen LogP contribution in [0, 0.1) is 12.7 Å². The maximum Gasteiger partial charge on any atom is 0.257 e. The van der Waals surface area contributed by atoms with E-state index in [-0.39, 0.29) is 36.6 Å². The van der Waals surface area contributed by atoms with Gasteiger partial charge in [0.2, 0.25) is 11.8 Å². The lowest BCUT2D eigenvalue weighted by Crippen LogP contribution is -2.53. The van der Waals surface area contributed by atoms with E-state index in [0.717, 1.165) is 33.2 Å². The largest absolute Gasteiger partial charge is 0.480 e. The molecule has 12 heteroatoms. The number of imidazole rings is 1. The van der Waals surface area contributed by atoms with Gasteiger partial charge in [-0.3, -0.25) is 14.3 Å². The summed E-state index contributed by atoms with van der Waals surface area (Å²) in [7, 11) is 1.57. The highest BCUT2D eigenvalue weighted by Crippen LogP contribution is 2.33. The van der Waals surface area contributed by atoms with Crippen LogP contribution in [0.25, 0.3) is 33.1 Å². The zero-order chi connectivity index (χ0) is 32.8. The number of aryl methyl sites for hydroxylation is 1. The molecule has 2 aromatic carbocycles. The molecular weight excluding hydrogens is 599 g/mol. The first-order valence-electron chi connectivity index (χ1n) is 15.6. The van der Waals surface area contributed by atoms with Crippen molar-refractivity contribution in [3.05, 3.63) is 95.6 Å². The van der Waals surface area contributed by atoms with Gasteiger partial charge in [-0.15, -0.1) is 0 Å². The van der Waals surface area contributed by atoms with Gasteiger partial charge in [0.15, 0.2) is 0 Å². The number of benzene rings is 2. The normalized spacial score (nSPS) is 15.2. The molecule has 0 spiro atoms. The molecule has 240 valence electrons. The fourth-order valence-corrected chi connectivity index (χ4v) is 6.34. The molecule has 1 aliphatic heterocycles. The van der Waals surface area contributed by atoms with Crippen molar-refractivity contribution >= 4 is 33.6 Å². The first-order valence-corrected chi connectivity index (χ1v) is 15.6. The second-order valence-corrected chi connectivity index (χ2v) is 12.2. The number of aromatic amines is 2. The minimum Gasteiger partial charge on any atom is -0.480 e. The Morgan fingerprint density at radius 2 is 1.91 bits per heavy atom. The van der Waals surface area contributed by atoms with Crippen LogP contribution in [0.5, 0.6) is 5.88 Å². The molecule has 0 bridgehead atoms. The minimum atomic E-state index is -0.573. The first kappa shape index (κ1) is 30.2. The summed E-state index contributed by atoms with van der Waals surface area (Å²) in [5.74, 6) is 0.296. The highest BCUT2D eigenvalue weighted by molar-refractivity contribution is 5.94. The fourth-order valence-electron chi connectivity index (χ4n) is 6.34. The van der Waals surface area contributed by atoms with Gasteiger partial charge in [-0.25, -0.2) is 14.4 Å². The summed E-state index contributed by atoms with van der Waals surface area (Å²) in [6.07, 6.45) is 5.10. The van der Waals surface area contributed by atoms with Crippen LogP contribution in [0.1, 0.15) is 53.4 Å². The Morgan fingerprint density at radius 1 is 1.09 bits per heavy atom. The SMILES string of the molecule is COc1nc2ccccc2cc1-c1cnc(C2CN(C(=O)c3cnn(C(C)C)c3)CCN2C(=O)Cc2c(C)[nH]c3ccc(F)cc23)[nH]1. The number of piperazine rings is 1. The predicted molar refractivity (Wildman–Crippen MR) is 176 cm³/mol. The van der Waals surface area contributed by atoms with E-state index in [4.69, 9.17) is 9.72 Å². The Balaban J connectivity index is 1.23. The van der Waals surface area contributed by atoms with Crippen LogP contribution in [0.3, 0.4) is 0 Å². The molecule has 2 amide bonds. The number of carbonyl (C=O) groups is 2. The molecular formula is C35H35FN8O3. The van der Waals surface area contributed by atoms with Gasteiger partial charge in [0.05, 0.1) is 48.3 Å². The van der Waals surface area contributed by atoms with Crippen molar-refractivity contribution in [1.82, 2.24) is 39.5 Å². The summed E-state index contributed by atoms with van der Waals surface area (Å²) < 4.78 is 21.6. The van der Waals surface area contributed by atoms with Crippen molar-refractivity contribution < 1.29 is 18.7 Å². The van der Waals surface area contributed by atoms with E-state index in [0.29, 0.717) is 41.4 Å². The van der Waals surface area contributed by atoms with Gasteiger partial charge in [0.25, 0.3) is 5.91 Å². The second kappa shape index (κ2) is 12.0. The van der Waals surface area contributed by atoms with E-state index in [9.17, 15) is 14.0 Å². The van der Waals surface area contributed by atoms with E-state index in [1.54, 1.807) is 46.2 Å². The van der Waals surface area contributed by atoms with Gasteiger partial charge in [-0.05, 0) is 56.7 Å². The van der Waals surface area contributed by atoms with Gasteiger partial charge >= 0.3 is 0 Å². The van der Waals surface area contributed by atoms with Gasteiger partial charge in [0, 0.05) is 53.9 Å². The molecule has 1 saturated heterocycles. The lowest BCUT2D eigenvalue weighted by atomic mass is 10.0. The number of hydrogen-bond donors (Lipinski definition) is 2. The zero-order valence-corrected chi connectivity index (χ0v) is 26.6. The second-order valence-electron chi connectivity index (χ2n) is 12.2. The fraction of sp³-hybridized carbons (Fsp3) is 0.286. The van der Waals surface area contributed by atoms with Gasteiger partial charge < -0.3 is 24.5 Å². The molecule has 1 unspecified atom stereocenters. The predicted octanol–water partition coefficient (Wildman–Crippen LogP) is 5.61. The molecule has 0 aliphatic carbocycles. The quantitative estimate of drug-likeness (QED) is 0.235.